The number of ether oxygens (including phenoxy) is 1. The lowest BCUT2D eigenvalue weighted by Crippen LogP contribution is -2.19. The molecule has 0 aromatic heterocycles. The van der Waals surface area contributed by atoms with E-state index in [1.807, 2.05) is 0 Å². The molecule has 0 bridgehead atoms. The van der Waals surface area contributed by atoms with Crippen LogP contribution in [-0.2, 0) is 4.74 Å². The van der Waals surface area contributed by atoms with Crippen molar-refractivity contribution in [2.75, 3.05) is 0 Å². The molecule has 70 valence electrons. The normalized spacial score (nSPS) is 39.8. The van der Waals surface area contributed by atoms with Gasteiger partial charge in [-0.2, -0.15) is 0 Å². The molecule has 0 aromatic rings. The summed E-state index contributed by atoms with van der Waals surface area (Å²) in [6, 6.07) is 0. The molecular formula is C11H20O. The summed E-state index contributed by atoms with van der Waals surface area (Å²) >= 11 is 0. The summed E-state index contributed by atoms with van der Waals surface area (Å²) in [7, 11) is 0. The predicted molar refractivity (Wildman–Crippen MR) is 50.1 cm³/mol. The molecule has 12 heavy (non-hydrogen) atoms. The summed E-state index contributed by atoms with van der Waals surface area (Å²) in [5.41, 5.74) is 0.377. The van der Waals surface area contributed by atoms with Gasteiger partial charge in [-0.25, -0.2) is 0 Å². The Balaban J connectivity index is 1.80. The van der Waals surface area contributed by atoms with Crippen LogP contribution in [0.5, 0.6) is 0 Å². The third kappa shape index (κ3) is 1.52. The Bertz CT molecular complexity index is 164. The van der Waals surface area contributed by atoms with Gasteiger partial charge in [-0.05, 0) is 31.6 Å². The van der Waals surface area contributed by atoms with E-state index in [0.717, 1.165) is 5.92 Å². The second-order valence-electron chi connectivity index (χ2n) is 4.85. The Kier molecular flexibility index (Phi) is 2.16. The van der Waals surface area contributed by atoms with Crippen molar-refractivity contribution < 1.29 is 4.74 Å². The average Bonchev–Trinajstić information content (AvgIpc) is 2.75. The van der Waals surface area contributed by atoms with Crippen LogP contribution in [0.15, 0.2) is 0 Å². The van der Waals surface area contributed by atoms with Gasteiger partial charge in [0.1, 0.15) is 0 Å². The second-order valence-corrected chi connectivity index (χ2v) is 4.85. The minimum absolute atomic E-state index is 0.377. The number of hydrogen-bond donors (Lipinski definition) is 0. The zero-order valence-corrected chi connectivity index (χ0v) is 8.31. The molecule has 2 fully saturated rings. The van der Waals surface area contributed by atoms with Crippen LogP contribution in [0, 0.1) is 5.92 Å². The standard InChI is InChI=1S/C11H20O/c1-9(2)6-8-11-7-4-3-5-10(11)12-11/h9-10H,3-8H2,1-2H3. The van der Waals surface area contributed by atoms with Crippen molar-refractivity contribution in [1.82, 2.24) is 0 Å². The molecule has 1 saturated carbocycles. The van der Waals surface area contributed by atoms with Crippen molar-refractivity contribution in [3.8, 4) is 0 Å². The van der Waals surface area contributed by atoms with Gasteiger partial charge >= 0.3 is 0 Å². The second kappa shape index (κ2) is 3.02. The van der Waals surface area contributed by atoms with E-state index in [-0.39, 0.29) is 0 Å². The number of hydrogen-bond acceptors (Lipinski definition) is 1. The van der Waals surface area contributed by atoms with Crippen molar-refractivity contribution in [1.29, 1.82) is 0 Å². The third-order valence-corrected chi connectivity index (χ3v) is 3.37. The zero-order chi connectivity index (χ0) is 8.60. The number of rotatable bonds is 3. The van der Waals surface area contributed by atoms with E-state index in [2.05, 4.69) is 13.8 Å². The Morgan fingerprint density at radius 1 is 1.42 bits per heavy atom. The molecule has 2 unspecified atom stereocenters. The first-order chi connectivity index (χ1) is 5.73. The number of epoxide rings is 1. The van der Waals surface area contributed by atoms with E-state index < -0.39 is 0 Å². The van der Waals surface area contributed by atoms with Crippen molar-refractivity contribution in [3.63, 3.8) is 0 Å². The molecule has 2 aliphatic rings. The first kappa shape index (κ1) is 8.55. The van der Waals surface area contributed by atoms with Crippen molar-refractivity contribution in [3.05, 3.63) is 0 Å². The van der Waals surface area contributed by atoms with Crippen molar-refractivity contribution in [2.24, 2.45) is 5.92 Å². The average molecular weight is 168 g/mol. The van der Waals surface area contributed by atoms with Crippen LogP contribution in [0.2, 0.25) is 0 Å². The summed E-state index contributed by atoms with van der Waals surface area (Å²) < 4.78 is 5.82. The third-order valence-electron chi connectivity index (χ3n) is 3.37. The molecule has 2 rings (SSSR count). The van der Waals surface area contributed by atoms with Gasteiger partial charge in [-0.1, -0.05) is 26.7 Å². The lowest BCUT2D eigenvalue weighted by molar-refractivity contribution is 0.258. The van der Waals surface area contributed by atoms with E-state index in [9.17, 15) is 0 Å². The quantitative estimate of drug-likeness (QED) is 0.590. The molecule has 1 heteroatoms. The summed E-state index contributed by atoms with van der Waals surface area (Å²) in [6.07, 6.45) is 8.78. The van der Waals surface area contributed by atoms with Crippen LogP contribution in [0.25, 0.3) is 0 Å². The molecule has 1 aliphatic heterocycles. The Morgan fingerprint density at radius 3 is 2.92 bits per heavy atom. The molecule has 0 N–H and O–H groups in total. The van der Waals surface area contributed by atoms with E-state index >= 15 is 0 Å². The highest BCUT2D eigenvalue weighted by Gasteiger charge is 2.56. The highest BCUT2D eigenvalue weighted by atomic mass is 16.6. The Morgan fingerprint density at radius 2 is 2.25 bits per heavy atom. The van der Waals surface area contributed by atoms with E-state index in [1.165, 1.54) is 38.5 Å². The molecule has 0 aromatic carbocycles. The highest BCUT2D eigenvalue weighted by molar-refractivity contribution is 5.04. The summed E-state index contributed by atoms with van der Waals surface area (Å²) in [4.78, 5) is 0. The van der Waals surface area contributed by atoms with Crippen LogP contribution in [0.3, 0.4) is 0 Å². The predicted octanol–water partition coefficient (Wildman–Crippen LogP) is 3.13. The van der Waals surface area contributed by atoms with Crippen molar-refractivity contribution in [2.45, 2.75) is 64.1 Å². The van der Waals surface area contributed by atoms with E-state index in [0.29, 0.717) is 11.7 Å². The van der Waals surface area contributed by atoms with Crippen LogP contribution >= 0.6 is 0 Å². The van der Waals surface area contributed by atoms with Crippen molar-refractivity contribution >= 4 is 0 Å². The fraction of sp³-hybridized carbons (Fsp3) is 1.00. The fourth-order valence-corrected chi connectivity index (χ4v) is 2.42. The van der Waals surface area contributed by atoms with Gasteiger partial charge in [0.15, 0.2) is 0 Å². The summed E-state index contributed by atoms with van der Waals surface area (Å²) in [6.45, 7) is 4.60. The maximum absolute atomic E-state index is 5.82. The molecule has 0 spiro atoms. The maximum Gasteiger partial charge on any atom is 0.0948 e. The number of fused-ring (bicyclic) bond motifs is 1. The minimum atomic E-state index is 0.377. The fourth-order valence-electron chi connectivity index (χ4n) is 2.42. The monoisotopic (exact) mass is 168 g/mol. The van der Waals surface area contributed by atoms with Gasteiger partial charge in [-0.3, -0.25) is 0 Å². The van der Waals surface area contributed by atoms with Crippen LogP contribution in [0.4, 0.5) is 0 Å². The van der Waals surface area contributed by atoms with E-state index in [4.69, 9.17) is 4.74 Å². The lowest BCUT2D eigenvalue weighted by Gasteiger charge is -2.17. The molecule has 0 amide bonds. The van der Waals surface area contributed by atoms with Gasteiger partial charge in [0, 0.05) is 0 Å². The SMILES string of the molecule is CC(C)CCC12CCCCC1O2. The summed E-state index contributed by atoms with van der Waals surface area (Å²) in [5, 5.41) is 0. The molecule has 0 radical (unpaired) electrons. The van der Waals surface area contributed by atoms with Crippen LogP contribution < -0.4 is 0 Å². The highest BCUT2D eigenvalue weighted by Crippen LogP contribution is 2.50. The maximum atomic E-state index is 5.82. The lowest BCUT2D eigenvalue weighted by atomic mass is 9.84. The largest absolute Gasteiger partial charge is 0.366 e. The van der Waals surface area contributed by atoms with Gasteiger partial charge in [0.2, 0.25) is 0 Å². The molecule has 1 aliphatic carbocycles. The van der Waals surface area contributed by atoms with Gasteiger partial charge < -0.3 is 4.74 Å². The van der Waals surface area contributed by atoms with Crippen LogP contribution in [0.1, 0.15) is 52.4 Å². The first-order valence-electron chi connectivity index (χ1n) is 5.41. The Hall–Kier alpha value is -0.0400. The molecular weight excluding hydrogens is 148 g/mol. The van der Waals surface area contributed by atoms with Gasteiger partial charge in [0.25, 0.3) is 0 Å². The molecule has 1 nitrogen and oxygen atoms in total. The van der Waals surface area contributed by atoms with E-state index in [1.54, 1.807) is 0 Å². The zero-order valence-electron chi connectivity index (χ0n) is 8.31. The molecule has 1 saturated heterocycles. The molecule has 1 heterocycles. The van der Waals surface area contributed by atoms with Gasteiger partial charge in [0.05, 0.1) is 11.7 Å². The Labute approximate surface area is 75.5 Å². The minimum Gasteiger partial charge on any atom is -0.366 e. The smallest absolute Gasteiger partial charge is 0.0948 e. The molecule has 2 atom stereocenters. The summed E-state index contributed by atoms with van der Waals surface area (Å²) in [5.74, 6) is 0.839. The first-order valence-corrected chi connectivity index (χ1v) is 5.41. The topological polar surface area (TPSA) is 12.5 Å². The van der Waals surface area contributed by atoms with Crippen LogP contribution in [-0.4, -0.2) is 11.7 Å². The van der Waals surface area contributed by atoms with Gasteiger partial charge in [-0.15, -0.1) is 0 Å².